The highest BCUT2D eigenvalue weighted by Gasteiger charge is 2.40. The minimum atomic E-state index is -0.426. The Bertz CT molecular complexity index is 1190. The molecule has 0 bridgehead atoms. The second-order valence-corrected chi connectivity index (χ2v) is 12.9. The number of benzene rings is 2. The first-order valence-electron chi connectivity index (χ1n) is 16.5. The molecule has 0 saturated carbocycles. The van der Waals surface area contributed by atoms with Gasteiger partial charge in [0.15, 0.2) is 11.5 Å². The van der Waals surface area contributed by atoms with Gasteiger partial charge in [0.05, 0.1) is 19.6 Å². The molecule has 0 radical (unpaired) electrons. The van der Waals surface area contributed by atoms with Crippen molar-refractivity contribution in [3.8, 4) is 11.5 Å². The van der Waals surface area contributed by atoms with Crippen molar-refractivity contribution in [3.05, 3.63) is 58.4 Å². The van der Waals surface area contributed by atoms with Gasteiger partial charge in [-0.1, -0.05) is 30.2 Å². The molecule has 3 heterocycles. The van der Waals surface area contributed by atoms with Gasteiger partial charge >= 0.3 is 0 Å². The van der Waals surface area contributed by atoms with Crippen molar-refractivity contribution in [1.29, 1.82) is 0 Å². The minimum Gasteiger partial charge on any atom is -0.490 e. The van der Waals surface area contributed by atoms with Gasteiger partial charge in [0, 0.05) is 35.1 Å². The van der Waals surface area contributed by atoms with Crippen molar-refractivity contribution >= 4 is 17.5 Å². The van der Waals surface area contributed by atoms with Crippen LogP contribution in [0.15, 0.2) is 36.4 Å². The van der Waals surface area contributed by atoms with Gasteiger partial charge < -0.3 is 24.2 Å². The molecule has 2 aromatic rings. The lowest BCUT2D eigenvalue weighted by molar-refractivity contribution is -0.133. The van der Waals surface area contributed by atoms with Gasteiger partial charge in [-0.05, 0) is 121 Å². The summed E-state index contributed by atoms with van der Waals surface area (Å²) in [6.07, 6.45) is 9.33. The van der Waals surface area contributed by atoms with E-state index in [9.17, 15) is 9.18 Å². The Morgan fingerprint density at radius 1 is 0.953 bits per heavy atom. The van der Waals surface area contributed by atoms with Gasteiger partial charge in [-0.2, -0.15) is 0 Å². The number of nitrogens with zero attached hydrogens (tertiary/aromatic N) is 3. The van der Waals surface area contributed by atoms with E-state index in [0.717, 1.165) is 56.4 Å². The van der Waals surface area contributed by atoms with Crippen molar-refractivity contribution in [2.45, 2.75) is 83.1 Å². The lowest BCUT2D eigenvalue weighted by Gasteiger charge is -2.45. The molecule has 3 saturated heterocycles. The number of hydrogen-bond donors (Lipinski definition) is 0. The summed E-state index contributed by atoms with van der Waals surface area (Å²) in [5.74, 6) is 1.01. The van der Waals surface area contributed by atoms with Crippen LogP contribution in [0.5, 0.6) is 11.5 Å². The molecule has 6 nitrogen and oxygen atoms in total. The van der Waals surface area contributed by atoms with E-state index >= 15 is 0 Å². The summed E-state index contributed by atoms with van der Waals surface area (Å²) < 4.78 is 26.5. The Kier molecular flexibility index (Phi) is 11.2. The van der Waals surface area contributed by atoms with Gasteiger partial charge in [-0.3, -0.25) is 4.79 Å². The predicted molar refractivity (Wildman–Crippen MR) is 171 cm³/mol. The summed E-state index contributed by atoms with van der Waals surface area (Å²) in [5, 5.41) is 0.303. The van der Waals surface area contributed by atoms with Gasteiger partial charge in [0.2, 0.25) is 5.91 Å². The number of rotatable bonds is 11. The smallest absolute Gasteiger partial charge is 0.227 e. The van der Waals surface area contributed by atoms with Crippen LogP contribution in [-0.4, -0.2) is 85.7 Å². The number of likely N-dealkylation sites (tertiary alicyclic amines) is 3. The van der Waals surface area contributed by atoms with Gasteiger partial charge in [0.1, 0.15) is 5.82 Å². The van der Waals surface area contributed by atoms with E-state index < -0.39 is 5.82 Å². The molecule has 8 heteroatoms. The van der Waals surface area contributed by atoms with Crippen molar-refractivity contribution in [3.63, 3.8) is 0 Å². The molecule has 3 aliphatic heterocycles. The summed E-state index contributed by atoms with van der Waals surface area (Å²) >= 11 is 6.30. The molecule has 0 spiro atoms. The average molecular weight is 614 g/mol. The zero-order valence-corrected chi connectivity index (χ0v) is 26.8. The number of piperidine rings is 3. The van der Waals surface area contributed by atoms with E-state index in [-0.39, 0.29) is 23.3 Å². The standard InChI is InChI=1S/C35H49ClFN3O3/c1-3-42-32-13-12-27(24-33(32)43-4-2)35(17-23-38-21-14-28(15-22-38)39-18-6-5-7-19-39)16-9-20-40(26-35)34(41)25-29-30(36)10-8-11-31(29)37/h8,10-13,24,28H,3-7,9,14-23,25-26H2,1-2H3/t35-/m1/s1. The Morgan fingerprint density at radius 2 is 1.70 bits per heavy atom. The monoisotopic (exact) mass is 613 g/mol. The van der Waals surface area contributed by atoms with Crippen molar-refractivity contribution in [2.24, 2.45) is 0 Å². The first-order chi connectivity index (χ1) is 20.9. The highest BCUT2D eigenvalue weighted by atomic mass is 35.5. The number of halogens is 2. The summed E-state index contributed by atoms with van der Waals surface area (Å²) in [6.45, 7) is 12.1. The normalized spacial score (nSPS) is 22.5. The number of carbonyl (C=O) groups excluding carboxylic acids is 1. The Labute approximate surface area is 262 Å². The molecule has 1 atom stereocenters. The fourth-order valence-electron chi connectivity index (χ4n) is 7.44. The zero-order chi connectivity index (χ0) is 30.2. The molecule has 0 aromatic heterocycles. The molecule has 43 heavy (non-hydrogen) atoms. The van der Waals surface area contributed by atoms with Crippen LogP contribution in [0, 0.1) is 5.82 Å². The summed E-state index contributed by atoms with van der Waals surface area (Å²) in [7, 11) is 0. The quantitative estimate of drug-likeness (QED) is 0.282. The second-order valence-electron chi connectivity index (χ2n) is 12.5. The van der Waals surface area contributed by atoms with Crippen molar-refractivity contribution in [2.75, 3.05) is 59.0 Å². The number of carbonyl (C=O) groups is 1. The summed E-state index contributed by atoms with van der Waals surface area (Å²) in [5.41, 5.74) is 1.23. The van der Waals surface area contributed by atoms with E-state index in [0.29, 0.717) is 31.3 Å². The third-order valence-electron chi connectivity index (χ3n) is 9.85. The van der Waals surface area contributed by atoms with E-state index in [2.05, 4.69) is 21.9 Å². The third kappa shape index (κ3) is 7.84. The maximum atomic E-state index is 14.6. The van der Waals surface area contributed by atoms with Gasteiger partial charge in [0.25, 0.3) is 0 Å². The van der Waals surface area contributed by atoms with E-state index in [1.807, 2.05) is 24.8 Å². The van der Waals surface area contributed by atoms with Crippen LogP contribution in [-0.2, 0) is 16.6 Å². The van der Waals surface area contributed by atoms with Crippen molar-refractivity contribution < 1.29 is 18.7 Å². The predicted octanol–water partition coefficient (Wildman–Crippen LogP) is 6.72. The SMILES string of the molecule is CCOc1ccc([C@@]2(CCN3CCC(N4CCCCC4)CC3)CCCN(C(=O)Cc3c(F)cccc3Cl)C2)cc1OCC. The first-order valence-corrected chi connectivity index (χ1v) is 16.9. The maximum absolute atomic E-state index is 14.6. The van der Waals surface area contributed by atoms with Crippen LogP contribution in [0.1, 0.15) is 76.3 Å². The molecule has 236 valence electrons. The van der Waals surface area contributed by atoms with E-state index in [1.165, 1.54) is 56.8 Å². The van der Waals surface area contributed by atoms with Crippen molar-refractivity contribution in [1.82, 2.24) is 14.7 Å². The Balaban J connectivity index is 1.34. The molecule has 0 N–H and O–H groups in total. The number of hydrogen-bond acceptors (Lipinski definition) is 5. The maximum Gasteiger partial charge on any atom is 0.227 e. The van der Waals surface area contributed by atoms with Crippen LogP contribution in [0.2, 0.25) is 5.02 Å². The van der Waals surface area contributed by atoms with Crippen LogP contribution >= 0.6 is 11.6 Å². The summed E-state index contributed by atoms with van der Waals surface area (Å²) in [4.78, 5) is 20.9. The highest BCUT2D eigenvalue weighted by Crippen LogP contribution is 2.42. The van der Waals surface area contributed by atoms with Crippen LogP contribution in [0.4, 0.5) is 4.39 Å². The number of ether oxygens (including phenoxy) is 2. The van der Waals surface area contributed by atoms with E-state index in [4.69, 9.17) is 21.1 Å². The third-order valence-corrected chi connectivity index (χ3v) is 10.2. The van der Waals surface area contributed by atoms with Gasteiger partial charge in [-0.15, -0.1) is 0 Å². The average Bonchev–Trinajstić information content (AvgIpc) is 3.03. The largest absolute Gasteiger partial charge is 0.490 e. The lowest BCUT2D eigenvalue weighted by atomic mass is 9.71. The molecule has 1 amide bonds. The Hall–Kier alpha value is -2.35. The fraction of sp³-hybridized carbons (Fsp3) is 0.629. The molecule has 0 aliphatic carbocycles. The Morgan fingerprint density at radius 3 is 2.42 bits per heavy atom. The molecule has 0 unspecified atom stereocenters. The van der Waals surface area contributed by atoms with Crippen LogP contribution in [0.3, 0.4) is 0 Å². The van der Waals surface area contributed by atoms with Crippen LogP contribution in [0.25, 0.3) is 0 Å². The second kappa shape index (κ2) is 15.1. The zero-order valence-electron chi connectivity index (χ0n) is 26.1. The highest BCUT2D eigenvalue weighted by molar-refractivity contribution is 6.31. The minimum absolute atomic E-state index is 0.0287. The molecular formula is C35H49ClFN3O3. The first kappa shape index (κ1) is 32.1. The number of amides is 1. The van der Waals surface area contributed by atoms with E-state index in [1.54, 1.807) is 12.1 Å². The molecular weight excluding hydrogens is 565 g/mol. The molecule has 3 aliphatic rings. The molecule has 2 aromatic carbocycles. The fourth-order valence-corrected chi connectivity index (χ4v) is 7.67. The summed E-state index contributed by atoms with van der Waals surface area (Å²) in [6, 6.07) is 11.6. The van der Waals surface area contributed by atoms with Crippen LogP contribution < -0.4 is 9.47 Å². The topological polar surface area (TPSA) is 45.2 Å². The lowest BCUT2D eigenvalue weighted by Crippen LogP contribution is -2.51. The molecule has 3 fully saturated rings. The van der Waals surface area contributed by atoms with Gasteiger partial charge in [-0.25, -0.2) is 4.39 Å². The molecule has 5 rings (SSSR count).